The summed E-state index contributed by atoms with van der Waals surface area (Å²) in [6, 6.07) is 15.5. The number of nitrogens with zero attached hydrogens (tertiary/aromatic N) is 2. The minimum Gasteiger partial charge on any atom is -0.490 e. The van der Waals surface area contributed by atoms with Crippen molar-refractivity contribution in [1.82, 2.24) is 0 Å². The third-order valence-electron chi connectivity index (χ3n) is 4.98. The van der Waals surface area contributed by atoms with Gasteiger partial charge in [0.15, 0.2) is 17.2 Å². The van der Waals surface area contributed by atoms with E-state index in [-0.39, 0.29) is 27.9 Å². The molecule has 36 heavy (non-hydrogen) atoms. The van der Waals surface area contributed by atoms with E-state index in [4.69, 9.17) is 25.8 Å². The van der Waals surface area contributed by atoms with Gasteiger partial charge in [0, 0.05) is 20.8 Å². The quantitative estimate of drug-likeness (QED) is 0.0839. The van der Waals surface area contributed by atoms with Crippen LogP contribution in [-0.2, 0) is 16.1 Å². The largest absolute Gasteiger partial charge is 0.490 e. The number of esters is 1. The third-order valence-corrected chi connectivity index (χ3v) is 6.94. The van der Waals surface area contributed by atoms with Gasteiger partial charge in [0.2, 0.25) is 5.90 Å². The van der Waals surface area contributed by atoms with Crippen LogP contribution in [0.4, 0.5) is 5.69 Å². The molecule has 1 aliphatic rings. The van der Waals surface area contributed by atoms with Crippen molar-refractivity contribution in [2.24, 2.45) is 4.99 Å². The first kappa shape index (κ1) is 26.1. The van der Waals surface area contributed by atoms with Crippen LogP contribution in [0.1, 0.15) is 23.6 Å². The molecule has 3 aromatic carbocycles. The molecule has 0 amide bonds. The molecule has 0 saturated heterocycles. The van der Waals surface area contributed by atoms with Crippen molar-refractivity contribution >= 4 is 73.8 Å². The molecule has 0 fully saturated rings. The summed E-state index contributed by atoms with van der Waals surface area (Å²) < 4.78 is 18.8. The molecular weight excluding hydrogens is 667 g/mol. The predicted octanol–water partition coefficient (Wildman–Crippen LogP) is 6.94. The summed E-state index contributed by atoms with van der Waals surface area (Å²) in [5.41, 5.74) is 1.64. The van der Waals surface area contributed by atoms with Gasteiger partial charge in [-0.3, -0.25) is 10.1 Å². The first-order valence-corrected chi connectivity index (χ1v) is 12.8. The number of carbonyl (C=O) groups is 1. The molecule has 0 spiro atoms. The van der Waals surface area contributed by atoms with Crippen molar-refractivity contribution < 1.29 is 23.9 Å². The van der Waals surface area contributed by atoms with Gasteiger partial charge in [0.1, 0.15) is 11.6 Å². The zero-order valence-electron chi connectivity index (χ0n) is 18.7. The Kier molecular flexibility index (Phi) is 8.27. The highest BCUT2D eigenvalue weighted by Gasteiger charge is 2.26. The number of hydrogen-bond acceptors (Lipinski definition) is 7. The molecule has 0 N–H and O–H groups in total. The van der Waals surface area contributed by atoms with Crippen molar-refractivity contribution in [2.45, 2.75) is 13.5 Å². The second-order valence-corrected chi connectivity index (χ2v) is 9.83. The lowest BCUT2D eigenvalue weighted by molar-refractivity contribution is -0.384. The highest BCUT2D eigenvalue weighted by Crippen LogP contribution is 2.38. The van der Waals surface area contributed by atoms with Crippen molar-refractivity contribution in [2.75, 3.05) is 6.61 Å². The summed E-state index contributed by atoms with van der Waals surface area (Å²) in [7, 11) is 0. The van der Waals surface area contributed by atoms with Gasteiger partial charge in [-0.2, -0.15) is 0 Å². The first-order valence-electron chi connectivity index (χ1n) is 10.6. The van der Waals surface area contributed by atoms with E-state index in [1.54, 1.807) is 12.1 Å². The molecule has 8 nitrogen and oxygen atoms in total. The van der Waals surface area contributed by atoms with Gasteiger partial charge in [-0.05, 0) is 87.4 Å². The Labute approximate surface area is 233 Å². The fraction of sp³-hybridized carbons (Fsp3) is 0.120. The van der Waals surface area contributed by atoms with Crippen LogP contribution < -0.4 is 9.47 Å². The second kappa shape index (κ2) is 11.4. The van der Waals surface area contributed by atoms with Crippen LogP contribution in [0.25, 0.3) is 6.08 Å². The van der Waals surface area contributed by atoms with E-state index in [0.29, 0.717) is 34.7 Å². The summed E-state index contributed by atoms with van der Waals surface area (Å²) in [5, 5.41) is 11.2. The molecule has 184 valence electrons. The molecule has 1 heterocycles. The van der Waals surface area contributed by atoms with E-state index in [0.717, 1.165) is 9.13 Å². The molecule has 3 aromatic rings. The minimum atomic E-state index is -0.685. The van der Waals surface area contributed by atoms with Crippen molar-refractivity contribution in [1.29, 1.82) is 0 Å². The topological polar surface area (TPSA) is 100 Å². The number of aliphatic imine (C=N–C) groups is 1. The number of hydrogen-bond donors (Lipinski definition) is 0. The maximum atomic E-state index is 12.5. The van der Waals surface area contributed by atoms with Crippen LogP contribution in [0, 0.1) is 13.7 Å². The lowest BCUT2D eigenvalue weighted by atomic mass is 10.1. The maximum Gasteiger partial charge on any atom is 0.363 e. The number of carbonyl (C=O) groups excluding carboxylic acids is 1. The number of ether oxygens (including phenoxy) is 3. The number of benzene rings is 3. The molecule has 0 aliphatic carbocycles. The van der Waals surface area contributed by atoms with Crippen LogP contribution in [0.2, 0.25) is 5.02 Å². The summed E-state index contributed by atoms with van der Waals surface area (Å²) in [4.78, 5) is 27.3. The van der Waals surface area contributed by atoms with Crippen LogP contribution in [0.3, 0.4) is 0 Å². The molecule has 0 aromatic heterocycles. The Morgan fingerprint density at radius 3 is 2.69 bits per heavy atom. The van der Waals surface area contributed by atoms with Gasteiger partial charge in [-0.25, -0.2) is 9.79 Å². The monoisotopic (exact) mass is 682 g/mol. The standard InChI is InChI=1S/C25H17BrClIN2O6/c1-2-34-22-11-14(9-17(26)23(22)35-13-16-5-3-4-6-19(16)28)10-20-25(31)36-24(29-20)15-7-8-18(27)21(12-15)30(32)33/h3-12H,2,13H2,1H3/b20-10-. The maximum absolute atomic E-state index is 12.5. The van der Waals surface area contributed by atoms with Gasteiger partial charge < -0.3 is 14.2 Å². The molecule has 0 saturated carbocycles. The molecule has 0 atom stereocenters. The normalized spacial score (nSPS) is 13.9. The first-order chi connectivity index (χ1) is 17.3. The predicted molar refractivity (Wildman–Crippen MR) is 148 cm³/mol. The molecule has 4 rings (SSSR count). The number of nitro benzene ring substituents is 1. The van der Waals surface area contributed by atoms with Crippen molar-refractivity contribution in [3.63, 3.8) is 0 Å². The Bertz CT molecular complexity index is 1430. The molecular formula is C25H17BrClIN2O6. The smallest absolute Gasteiger partial charge is 0.363 e. The van der Waals surface area contributed by atoms with E-state index < -0.39 is 10.9 Å². The van der Waals surface area contributed by atoms with Gasteiger partial charge in [0.05, 0.1) is 16.0 Å². The van der Waals surface area contributed by atoms with Gasteiger partial charge in [0.25, 0.3) is 5.69 Å². The Morgan fingerprint density at radius 1 is 1.19 bits per heavy atom. The minimum absolute atomic E-state index is 0.0259. The lowest BCUT2D eigenvalue weighted by Gasteiger charge is -2.15. The number of halogens is 3. The van der Waals surface area contributed by atoms with Crippen LogP contribution in [-0.4, -0.2) is 23.4 Å². The fourth-order valence-corrected chi connectivity index (χ4v) is 4.62. The van der Waals surface area contributed by atoms with Crippen LogP contribution in [0.5, 0.6) is 11.5 Å². The van der Waals surface area contributed by atoms with Crippen molar-refractivity contribution in [3.8, 4) is 11.5 Å². The molecule has 0 radical (unpaired) electrons. The van der Waals surface area contributed by atoms with Gasteiger partial charge in [-0.15, -0.1) is 0 Å². The summed E-state index contributed by atoms with van der Waals surface area (Å²) in [5.74, 6) is 0.294. The summed E-state index contributed by atoms with van der Waals surface area (Å²) in [6.45, 7) is 2.62. The second-order valence-electron chi connectivity index (χ2n) is 7.40. The summed E-state index contributed by atoms with van der Waals surface area (Å²) in [6.07, 6.45) is 1.54. The summed E-state index contributed by atoms with van der Waals surface area (Å²) >= 11 is 11.7. The highest BCUT2D eigenvalue weighted by atomic mass is 127. The highest BCUT2D eigenvalue weighted by molar-refractivity contribution is 14.1. The third kappa shape index (κ3) is 5.88. The molecule has 0 bridgehead atoms. The zero-order valence-corrected chi connectivity index (χ0v) is 23.2. The Hall–Kier alpha value is -2.96. The van der Waals surface area contributed by atoms with Gasteiger partial charge >= 0.3 is 5.97 Å². The van der Waals surface area contributed by atoms with Crippen molar-refractivity contribution in [3.05, 3.63) is 100 Å². The number of cyclic esters (lactones) is 1. The van der Waals surface area contributed by atoms with E-state index in [1.165, 1.54) is 24.3 Å². The van der Waals surface area contributed by atoms with Crippen LogP contribution >= 0.6 is 50.1 Å². The average Bonchev–Trinajstić information content (AvgIpc) is 3.20. The molecule has 0 unspecified atom stereocenters. The van der Waals surface area contributed by atoms with E-state index in [1.807, 2.05) is 31.2 Å². The zero-order chi connectivity index (χ0) is 25.8. The lowest BCUT2D eigenvalue weighted by Crippen LogP contribution is -2.06. The van der Waals surface area contributed by atoms with E-state index in [9.17, 15) is 14.9 Å². The number of nitro groups is 1. The van der Waals surface area contributed by atoms with Gasteiger partial charge in [-0.1, -0.05) is 29.8 Å². The Morgan fingerprint density at radius 2 is 1.97 bits per heavy atom. The van der Waals surface area contributed by atoms with Crippen LogP contribution in [0.15, 0.2) is 69.8 Å². The average molecular weight is 684 g/mol. The Balaban J connectivity index is 1.63. The fourth-order valence-electron chi connectivity index (χ4n) is 3.32. The molecule has 11 heteroatoms. The van der Waals surface area contributed by atoms with E-state index in [2.05, 4.69) is 43.5 Å². The number of rotatable bonds is 8. The van der Waals surface area contributed by atoms with E-state index >= 15 is 0 Å². The molecule has 1 aliphatic heterocycles. The SMILES string of the molecule is CCOc1cc(/C=C2\N=C(c3ccc(Cl)c([N+](=O)[O-])c3)OC2=O)cc(Br)c1OCc1ccccc1I.